The molecule has 0 fully saturated rings. The summed E-state index contributed by atoms with van der Waals surface area (Å²) in [5.41, 5.74) is 24.5. The molecule has 1 heteroatoms. The van der Waals surface area contributed by atoms with Gasteiger partial charge in [0.2, 0.25) is 0 Å². The second kappa shape index (κ2) is 10.9. The first-order chi connectivity index (χ1) is 27.3. The van der Waals surface area contributed by atoms with E-state index in [9.17, 15) is 0 Å². The minimum absolute atomic E-state index is 0.115. The lowest BCUT2D eigenvalue weighted by atomic mass is 9.70. The number of hydrogen-bond donors (Lipinski definition) is 0. The van der Waals surface area contributed by atoms with Gasteiger partial charge in [-0.2, -0.15) is 0 Å². The molecule has 0 aromatic heterocycles. The lowest BCUT2D eigenvalue weighted by molar-refractivity contribution is 0.660. The molecule has 266 valence electrons. The van der Waals surface area contributed by atoms with Crippen molar-refractivity contribution in [3.05, 3.63) is 220 Å². The van der Waals surface area contributed by atoms with Crippen LogP contribution in [0.15, 0.2) is 176 Å². The lowest BCUT2D eigenvalue weighted by Gasteiger charge is -2.33. The molecule has 1 nitrogen and oxygen atoms in total. The summed E-state index contributed by atoms with van der Waals surface area (Å²) in [4.78, 5) is 2.57. The molecule has 0 unspecified atom stereocenters. The van der Waals surface area contributed by atoms with Crippen LogP contribution in [0.25, 0.3) is 44.5 Å². The van der Waals surface area contributed by atoms with Crippen molar-refractivity contribution in [1.82, 2.24) is 0 Å². The van der Waals surface area contributed by atoms with Crippen molar-refractivity contribution in [1.29, 1.82) is 0 Å². The van der Waals surface area contributed by atoms with Gasteiger partial charge in [-0.1, -0.05) is 173 Å². The number of anilines is 3. The normalized spacial score (nSPS) is 15.9. The third kappa shape index (κ3) is 3.81. The summed E-state index contributed by atoms with van der Waals surface area (Å²) in [6.07, 6.45) is 0. The Bertz CT molecular complexity index is 2930. The van der Waals surface area contributed by atoms with Crippen molar-refractivity contribution < 1.29 is 0 Å². The van der Waals surface area contributed by atoms with Gasteiger partial charge in [-0.3, -0.25) is 0 Å². The van der Waals surface area contributed by atoms with Crippen LogP contribution in [0, 0.1) is 0 Å². The van der Waals surface area contributed by atoms with Gasteiger partial charge in [0.15, 0.2) is 0 Å². The van der Waals surface area contributed by atoms with E-state index in [0.717, 1.165) is 0 Å². The van der Waals surface area contributed by atoms with Crippen LogP contribution in [0.4, 0.5) is 17.1 Å². The molecule has 0 saturated carbocycles. The maximum absolute atomic E-state index is 2.57. The summed E-state index contributed by atoms with van der Waals surface area (Å²) in [7, 11) is 0. The second-order valence-corrected chi connectivity index (χ2v) is 17.2. The summed E-state index contributed by atoms with van der Waals surface area (Å²) in [6, 6.07) is 66.8. The zero-order valence-corrected chi connectivity index (χ0v) is 32.2. The number of benzene rings is 8. The fraction of sp³-hybridized carbons (Fsp3) is 0.127. The van der Waals surface area contributed by atoms with Crippen LogP contribution >= 0.6 is 0 Å². The molecular weight excluding hydrogens is 675 g/mol. The van der Waals surface area contributed by atoms with Crippen molar-refractivity contribution in [2.75, 3.05) is 4.90 Å². The van der Waals surface area contributed by atoms with Gasteiger partial charge in [-0.05, 0) is 114 Å². The van der Waals surface area contributed by atoms with Gasteiger partial charge in [0.05, 0.1) is 11.1 Å². The minimum atomic E-state index is -0.421. The summed E-state index contributed by atoms with van der Waals surface area (Å²) in [5.74, 6) is 0. The molecule has 0 saturated heterocycles. The Morgan fingerprint density at radius 2 is 0.679 bits per heavy atom. The van der Waals surface area contributed by atoms with Crippen molar-refractivity contribution in [3.63, 3.8) is 0 Å². The van der Waals surface area contributed by atoms with Crippen molar-refractivity contribution in [2.45, 2.75) is 43.9 Å². The molecule has 1 spiro atoms. The fourth-order valence-electron chi connectivity index (χ4n) is 11.4. The first-order valence-corrected chi connectivity index (χ1v) is 20.0. The molecule has 0 amide bonds. The topological polar surface area (TPSA) is 3.24 Å². The van der Waals surface area contributed by atoms with E-state index < -0.39 is 5.41 Å². The van der Waals surface area contributed by atoms with Crippen molar-refractivity contribution in [3.8, 4) is 44.5 Å². The first-order valence-electron chi connectivity index (χ1n) is 20.0. The zero-order valence-electron chi connectivity index (χ0n) is 32.2. The molecule has 0 aliphatic heterocycles. The second-order valence-electron chi connectivity index (χ2n) is 17.2. The monoisotopic (exact) mass is 715 g/mol. The number of rotatable bonds is 3. The zero-order chi connectivity index (χ0) is 37.6. The molecular formula is C55H41N. The van der Waals surface area contributed by atoms with Gasteiger partial charge in [-0.25, -0.2) is 0 Å². The lowest BCUT2D eigenvalue weighted by Crippen LogP contribution is -2.26. The highest BCUT2D eigenvalue weighted by atomic mass is 15.1. The Morgan fingerprint density at radius 3 is 1.23 bits per heavy atom. The van der Waals surface area contributed by atoms with Crippen LogP contribution < -0.4 is 4.90 Å². The van der Waals surface area contributed by atoms with Crippen LogP contribution in [0.2, 0.25) is 0 Å². The third-order valence-corrected chi connectivity index (χ3v) is 13.9. The summed E-state index contributed by atoms with van der Waals surface area (Å²) >= 11 is 0. The van der Waals surface area contributed by atoms with Crippen LogP contribution in [-0.4, -0.2) is 0 Å². The molecule has 56 heavy (non-hydrogen) atoms. The van der Waals surface area contributed by atoms with Crippen LogP contribution in [0.1, 0.15) is 72.2 Å². The summed E-state index contributed by atoms with van der Waals surface area (Å²) in [5, 5.41) is 0. The summed E-state index contributed by atoms with van der Waals surface area (Å²) < 4.78 is 0. The van der Waals surface area contributed by atoms with E-state index in [1.165, 1.54) is 106 Å². The molecule has 0 heterocycles. The van der Waals surface area contributed by atoms with Crippen molar-refractivity contribution in [2.24, 2.45) is 0 Å². The maximum Gasteiger partial charge on any atom is 0.0726 e. The average molecular weight is 716 g/mol. The minimum Gasteiger partial charge on any atom is -0.310 e. The summed E-state index contributed by atoms with van der Waals surface area (Å²) in [6.45, 7) is 9.53. The first kappa shape index (κ1) is 31.9. The Labute approximate surface area is 329 Å². The van der Waals surface area contributed by atoms with Crippen LogP contribution in [0.3, 0.4) is 0 Å². The Hall–Kier alpha value is -6.44. The molecule has 0 atom stereocenters. The van der Waals surface area contributed by atoms with E-state index in [1.807, 2.05) is 0 Å². The van der Waals surface area contributed by atoms with Gasteiger partial charge in [-0.15, -0.1) is 0 Å². The van der Waals surface area contributed by atoms with Crippen LogP contribution in [-0.2, 0) is 16.2 Å². The van der Waals surface area contributed by atoms with Crippen molar-refractivity contribution >= 4 is 17.1 Å². The molecule has 8 aromatic carbocycles. The number of fused-ring (bicyclic) bond motifs is 16. The van der Waals surface area contributed by atoms with E-state index in [4.69, 9.17) is 0 Å². The van der Waals surface area contributed by atoms with Gasteiger partial charge >= 0.3 is 0 Å². The smallest absolute Gasteiger partial charge is 0.0726 e. The predicted octanol–water partition coefficient (Wildman–Crippen LogP) is 14.1. The highest BCUT2D eigenvalue weighted by molar-refractivity contribution is 5.99. The van der Waals surface area contributed by atoms with E-state index in [0.29, 0.717) is 0 Å². The predicted molar refractivity (Wildman–Crippen MR) is 233 cm³/mol. The largest absolute Gasteiger partial charge is 0.310 e. The molecule has 0 bridgehead atoms. The number of nitrogens with zero attached hydrogens (tertiary/aromatic N) is 1. The molecule has 8 aromatic rings. The highest BCUT2D eigenvalue weighted by Crippen LogP contribution is 2.64. The van der Waals surface area contributed by atoms with Gasteiger partial charge in [0, 0.05) is 27.8 Å². The molecule has 12 rings (SSSR count). The Kier molecular flexibility index (Phi) is 6.18. The van der Waals surface area contributed by atoms with E-state index >= 15 is 0 Å². The Morgan fingerprint density at radius 1 is 0.304 bits per heavy atom. The van der Waals surface area contributed by atoms with E-state index in [-0.39, 0.29) is 10.8 Å². The third-order valence-electron chi connectivity index (χ3n) is 13.9. The Balaban J connectivity index is 1.16. The molecule has 4 aliphatic rings. The van der Waals surface area contributed by atoms with Gasteiger partial charge < -0.3 is 4.90 Å². The number of hydrogen-bond acceptors (Lipinski definition) is 1. The quantitative estimate of drug-likeness (QED) is 0.176. The van der Waals surface area contributed by atoms with Crippen LogP contribution in [0.5, 0.6) is 0 Å². The van der Waals surface area contributed by atoms with Gasteiger partial charge in [0.1, 0.15) is 0 Å². The molecule has 0 radical (unpaired) electrons. The molecule has 0 N–H and O–H groups in total. The fourth-order valence-corrected chi connectivity index (χ4v) is 11.4. The van der Waals surface area contributed by atoms with E-state index in [1.54, 1.807) is 0 Å². The van der Waals surface area contributed by atoms with Gasteiger partial charge in [0.25, 0.3) is 0 Å². The maximum atomic E-state index is 2.57. The average Bonchev–Trinajstić information content (AvgIpc) is 3.87. The highest BCUT2D eigenvalue weighted by Gasteiger charge is 2.52. The molecule has 4 aliphatic carbocycles. The van der Waals surface area contributed by atoms with E-state index in [2.05, 4.69) is 209 Å². The SMILES string of the molecule is CC1(C)c2ccccc2-c2ccc(N(c3ccc4c(c3)C3(c5ccccc5-c5ccccc53)c3ccccc3-4)c3cccc4c3-c3ccccc3C4(C)C)cc21. The standard InChI is InChI=1S/C55H41N/c1-53(2)44-22-11-9-20-42(44)52-48(53)26-15-27-51(52)56(34-28-30-40-36-16-5-10-21-43(36)54(3,4)49(40)32-34)35-29-31-41-39-19-8-14-25-47(39)55(50(41)33-35)45-23-12-6-17-37(45)38-18-7-13-24-46(38)55/h5-33H,1-4H3.